The Labute approximate surface area is 289 Å². The molecular formula is C39H31IrN7-4. The summed E-state index contributed by atoms with van der Waals surface area (Å²) in [6.45, 7) is 6.07. The number of hydrazone groups is 1. The number of amidine groups is 1. The number of aromatic nitrogens is 2. The molecule has 3 heterocycles. The molecule has 8 heteroatoms. The van der Waals surface area contributed by atoms with Crippen LogP contribution in [-0.2, 0) is 20.1 Å². The molecule has 0 spiro atoms. The zero-order valence-electron chi connectivity index (χ0n) is 25.9. The zero-order valence-corrected chi connectivity index (χ0v) is 28.3. The first kappa shape index (κ1) is 31.7. The first-order chi connectivity index (χ1) is 22.7. The molecule has 47 heavy (non-hydrogen) atoms. The molecule has 235 valence electrons. The molecule has 0 fully saturated rings. The van der Waals surface area contributed by atoms with Crippen LogP contribution in [0.1, 0.15) is 11.1 Å². The summed E-state index contributed by atoms with van der Waals surface area (Å²) in [5, 5.41) is 6.63. The molecule has 8 rings (SSSR count). The molecule has 0 unspecified atom stereocenters. The number of hydrogen-bond donors (Lipinski definition) is 0. The predicted molar refractivity (Wildman–Crippen MR) is 186 cm³/mol. The van der Waals surface area contributed by atoms with Gasteiger partial charge in [0.15, 0.2) is 5.82 Å². The van der Waals surface area contributed by atoms with Gasteiger partial charge in [-0.15, -0.1) is 18.4 Å². The number of benzene rings is 5. The van der Waals surface area contributed by atoms with Crippen molar-refractivity contribution in [2.75, 3.05) is 26.8 Å². The second-order valence-electron chi connectivity index (χ2n) is 10.8. The van der Waals surface area contributed by atoms with E-state index in [1.54, 1.807) is 0 Å². The Hall–Kier alpha value is -5.30. The molecule has 0 aliphatic carbocycles. The van der Waals surface area contributed by atoms with Crippen molar-refractivity contribution in [1.29, 1.82) is 0 Å². The maximum absolute atomic E-state index is 4.81. The van der Waals surface area contributed by atoms with Crippen LogP contribution in [0.2, 0.25) is 0 Å². The van der Waals surface area contributed by atoms with E-state index in [-0.39, 0.29) is 20.1 Å². The minimum Gasteiger partial charge on any atom is -0.501 e. The van der Waals surface area contributed by atoms with Crippen LogP contribution >= 0.6 is 0 Å². The third-order valence-corrected chi connectivity index (χ3v) is 7.65. The molecule has 6 aromatic rings. The van der Waals surface area contributed by atoms with Gasteiger partial charge in [0.2, 0.25) is 0 Å². The maximum Gasteiger partial charge on any atom is 0.161 e. The predicted octanol–water partition coefficient (Wildman–Crippen LogP) is 8.25. The van der Waals surface area contributed by atoms with Crippen LogP contribution < -0.4 is 19.7 Å². The Morgan fingerprint density at radius 2 is 1.30 bits per heavy atom. The number of rotatable bonds is 5. The van der Waals surface area contributed by atoms with Crippen LogP contribution in [0.3, 0.4) is 0 Å². The van der Waals surface area contributed by atoms with Crippen LogP contribution in [0.25, 0.3) is 11.4 Å². The van der Waals surface area contributed by atoms with Crippen molar-refractivity contribution in [3.63, 3.8) is 0 Å². The van der Waals surface area contributed by atoms with Gasteiger partial charge in [-0.1, -0.05) is 78.5 Å². The van der Waals surface area contributed by atoms with Crippen LogP contribution in [0.4, 0.5) is 28.6 Å². The van der Waals surface area contributed by atoms with E-state index in [4.69, 9.17) is 10.1 Å². The number of anilines is 5. The fourth-order valence-electron chi connectivity index (χ4n) is 5.29. The van der Waals surface area contributed by atoms with Crippen LogP contribution in [0.15, 0.2) is 145 Å². The van der Waals surface area contributed by atoms with Gasteiger partial charge >= 0.3 is 0 Å². The van der Waals surface area contributed by atoms with E-state index in [1.165, 1.54) is 5.56 Å². The molecule has 1 radical (unpaired) electrons. The molecule has 7 nitrogen and oxygen atoms in total. The summed E-state index contributed by atoms with van der Waals surface area (Å²) in [5.41, 5.74) is 7.24. The molecule has 0 atom stereocenters. The van der Waals surface area contributed by atoms with Crippen molar-refractivity contribution >= 4 is 34.4 Å². The SMILES string of the molecule is Cc1ccccc1-c1ncc2c(n1)N(c1[c-]cccc1)[CH-]N2C.[Ir].[c-]1ccccc1N1[CH-]N(c2ccccc2)C(c2ccccc2)=N1. The van der Waals surface area contributed by atoms with Crippen LogP contribution in [-0.4, -0.2) is 22.9 Å². The van der Waals surface area contributed by atoms with Crippen molar-refractivity contribution in [2.24, 2.45) is 5.10 Å². The van der Waals surface area contributed by atoms with E-state index in [2.05, 4.69) is 65.3 Å². The zero-order chi connectivity index (χ0) is 31.3. The Balaban J connectivity index is 0.000000161. The van der Waals surface area contributed by atoms with Gasteiger partial charge in [0, 0.05) is 36.9 Å². The molecule has 0 saturated carbocycles. The average Bonchev–Trinajstić information content (AvgIpc) is 3.72. The normalized spacial score (nSPS) is 13.4. The first-order valence-corrected chi connectivity index (χ1v) is 15.0. The molecule has 5 aromatic carbocycles. The van der Waals surface area contributed by atoms with E-state index in [0.717, 1.165) is 51.4 Å². The van der Waals surface area contributed by atoms with E-state index < -0.39 is 0 Å². The number of hydrogen-bond acceptors (Lipinski definition) is 7. The second-order valence-corrected chi connectivity index (χ2v) is 10.8. The molecule has 0 bridgehead atoms. The largest absolute Gasteiger partial charge is 0.501 e. The fourth-order valence-corrected chi connectivity index (χ4v) is 5.29. The Morgan fingerprint density at radius 3 is 1.98 bits per heavy atom. The summed E-state index contributed by atoms with van der Waals surface area (Å²) < 4.78 is 0. The topological polar surface area (TPSA) is 51.1 Å². The maximum atomic E-state index is 4.81. The van der Waals surface area contributed by atoms with Gasteiger partial charge < -0.3 is 19.7 Å². The Bertz CT molecular complexity index is 1940. The van der Waals surface area contributed by atoms with Gasteiger partial charge in [-0.3, -0.25) is 0 Å². The minimum absolute atomic E-state index is 0. The number of nitrogens with zero attached hydrogens (tertiary/aromatic N) is 7. The monoisotopic (exact) mass is 790 g/mol. The first-order valence-electron chi connectivity index (χ1n) is 15.0. The van der Waals surface area contributed by atoms with Crippen molar-refractivity contribution in [2.45, 2.75) is 6.92 Å². The smallest absolute Gasteiger partial charge is 0.161 e. The van der Waals surface area contributed by atoms with Crippen molar-refractivity contribution in [3.05, 3.63) is 176 Å². The Kier molecular flexibility index (Phi) is 9.72. The summed E-state index contributed by atoms with van der Waals surface area (Å²) in [6, 6.07) is 50.8. The fraction of sp³-hybridized carbons (Fsp3) is 0.0513. The standard InChI is InChI=1S/C20H15N3.C19H16N4.Ir/c1-4-10-17(11-5-1)20-21-23(19-14-8-3-9-15-19)16-22(20)18-12-6-2-7-13-18;1-14-8-6-7-11-16(14)18-20-12-17-19(21-18)23(13-22(17)2)15-9-4-3-5-10-15;/h1-14,16H;3-9,11-13H,1-2H3;/q2*-2;. The number of aryl methyl sites for hydroxylation is 1. The Morgan fingerprint density at radius 1 is 0.660 bits per heavy atom. The summed E-state index contributed by atoms with van der Waals surface area (Å²) in [5.74, 6) is 2.52. The van der Waals surface area contributed by atoms with E-state index in [0.29, 0.717) is 0 Å². The molecule has 0 amide bonds. The van der Waals surface area contributed by atoms with Crippen molar-refractivity contribution in [3.8, 4) is 11.4 Å². The van der Waals surface area contributed by atoms with Crippen molar-refractivity contribution < 1.29 is 20.1 Å². The summed E-state index contributed by atoms with van der Waals surface area (Å²) in [7, 11) is 2.00. The molecule has 0 N–H and O–H groups in total. The summed E-state index contributed by atoms with van der Waals surface area (Å²) in [4.78, 5) is 15.5. The van der Waals surface area contributed by atoms with Gasteiger partial charge in [0.25, 0.3) is 0 Å². The minimum atomic E-state index is 0. The third-order valence-electron chi connectivity index (χ3n) is 7.65. The van der Waals surface area contributed by atoms with E-state index >= 15 is 0 Å². The third kappa shape index (κ3) is 6.80. The van der Waals surface area contributed by atoms with E-state index in [9.17, 15) is 0 Å². The number of fused-ring (bicyclic) bond motifs is 1. The molecule has 1 aromatic heterocycles. The second kappa shape index (κ2) is 14.4. The summed E-state index contributed by atoms with van der Waals surface area (Å²) >= 11 is 0. The summed E-state index contributed by atoms with van der Waals surface area (Å²) in [6.07, 6.45) is 1.88. The van der Waals surface area contributed by atoms with E-state index in [1.807, 2.05) is 138 Å². The van der Waals surface area contributed by atoms with Gasteiger partial charge in [-0.25, -0.2) is 9.97 Å². The molecule has 2 aliphatic heterocycles. The van der Waals surface area contributed by atoms with Gasteiger partial charge in [0.1, 0.15) is 11.7 Å². The van der Waals surface area contributed by atoms with Gasteiger partial charge in [-0.05, 0) is 31.7 Å². The van der Waals surface area contributed by atoms with Gasteiger partial charge in [0.05, 0.1) is 11.9 Å². The quantitative estimate of drug-likeness (QED) is 0.164. The number of para-hydroxylation sites is 3. The molecular weight excluding hydrogens is 759 g/mol. The van der Waals surface area contributed by atoms with Gasteiger partial charge in [-0.2, -0.15) is 66.4 Å². The molecule has 0 saturated heterocycles. The van der Waals surface area contributed by atoms with Crippen molar-refractivity contribution in [1.82, 2.24) is 9.97 Å². The van der Waals surface area contributed by atoms with Crippen LogP contribution in [0, 0.1) is 32.4 Å². The average molecular weight is 790 g/mol. The van der Waals surface area contributed by atoms with Crippen LogP contribution in [0.5, 0.6) is 0 Å². The molecule has 2 aliphatic rings.